The van der Waals surface area contributed by atoms with Gasteiger partial charge >= 0.3 is 5.97 Å². The fraction of sp³-hybridized carbons (Fsp3) is 0.353. The van der Waals surface area contributed by atoms with Crippen LogP contribution in [0, 0.1) is 24.2 Å². The van der Waals surface area contributed by atoms with E-state index >= 15 is 0 Å². The van der Waals surface area contributed by atoms with E-state index in [4.69, 9.17) is 5.11 Å². The van der Waals surface area contributed by atoms with Crippen LogP contribution in [0.5, 0.6) is 0 Å². The minimum Gasteiger partial charge on any atom is -0.481 e. The third-order valence-electron chi connectivity index (χ3n) is 3.88. The lowest BCUT2D eigenvalue weighted by Crippen LogP contribution is -2.40. The second-order valence-corrected chi connectivity index (χ2v) is 5.59. The van der Waals surface area contributed by atoms with E-state index in [1.807, 2.05) is 37.3 Å². The van der Waals surface area contributed by atoms with Gasteiger partial charge in [0.25, 0.3) is 5.91 Å². The van der Waals surface area contributed by atoms with E-state index in [2.05, 4.69) is 5.32 Å². The molecule has 120 valence electrons. The zero-order chi connectivity index (χ0) is 16.8. The van der Waals surface area contributed by atoms with Gasteiger partial charge in [0.1, 0.15) is 11.6 Å². The van der Waals surface area contributed by atoms with Crippen LogP contribution in [0.3, 0.4) is 0 Å². The van der Waals surface area contributed by atoms with Crippen LogP contribution < -0.4 is 5.32 Å². The Labute approximate surface area is 135 Å². The first kappa shape index (κ1) is 16.6. The van der Waals surface area contributed by atoms with Crippen molar-refractivity contribution in [3.8, 4) is 6.07 Å². The Hall–Kier alpha value is -2.81. The van der Waals surface area contributed by atoms with Crippen molar-refractivity contribution in [2.24, 2.45) is 5.92 Å². The van der Waals surface area contributed by atoms with Crippen molar-refractivity contribution < 1.29 is 14.7 Å². The highest BCUT2D eigenvalue weighted by Gasteiger charge is 2.28. The first-order valence-corrected chi connectivity index (χ1v) is 7.47. The van der Waals surface area contributed by atoms with Gasteiger partial charge in [0.15, 0.2) is 0 Å². The maximum atomic E-state index is 12.3. The number of carbonyl (C=O) groups excluding carboxylic acids is 1. The summed E-state index contributed by atoms with van der Waals surface area (Å²) in [6.45, 7) is 2.68. The number of aryl methyl sites for hydroxylation is 1. The smallest absolute Gasteiger partial charge is 0.306 e. The molecule has 6 nitrogen and oxygen atoms in total. The van der Waals surface area contributed by atoms with Crippen molar-refractivity contribution in [2.45, 2.75) is 19.8 Å². The van der Waals surface area contributed by atoms with Crippen molar-refractivity contribution >= 4 is 17.6 Å². The van der Waals surface area contributed by atoms with Crippen LogP contribution in [0.1, 0.15) is 18.4 Å². The van der Waals surface area contributed by atoms with Crippen molar-refractivity contribution in [1.29, 1.82) is 5.26 Å². The van der Waals surface area contributed by atoms with Gasteiger partial charge in [-0.25, -0.2) is 0 Å². The van der Waals surface area contributed by atoms with E-state index in [0.29, 0.717) is 25.9 Å². The lowest BCUT2D eigenvalue weighted by atomic mass is 9.97. The molecule has 1 saturated heterocycles. The number of likely N-dealkylation sites (tertiary alicyclic amines) is 1. The van der Waals surface area contributed by atoms with Crippen LogP contribution in [0.25, 0.3) is 0 Å². The van der Waals surface area contributed by atoms with Gasteiger partial charge in [0, 0.05) is 25.0 Å². The minimum absolute atomic E-state index is 0.0141. The molecular formula is C17H19N3O3. The summed E-state index contributed by atoms with van der Waals surface area (Å²) in [6.07, 6.45) is 2.25. The van der Waals surface area contributed by atoms with Gasteiger partial charge in [-0.1, -0.05) is 12.1 Å². The molecule has 0 spiro atoms. The summed E-state index contributed by atoms with van der Waals surface area (Å²) in [4.78, 5) is 24.8. The molecule has 1 fully saturated rings. The number of hydrogen-bond donors (Lipinski definition) is 2. The quantitative estimate of drug-likeness (QED) is 0.656. The Bertz CT molecular complexity index is 668. The number of nitrogens with zero attached hydrogens (tertiary/aromatic N) is 2. The second-order valence-electron chi connectivity index (χ2n) is 5.59. The maximum absolute atomic E-state index is 12.3. The van der Waals surface area contributed by atoms with Crippen molar-refractivity contribution in [1.82, 2.24) is 4.90 Å². The zero-order valence-corrected chi connectivity index (χ0v) is 13.0. The molecule has 0 aliphatic carbocycles. The molecule has 1 aliphatic heterocycles. The molecule has 1 heterocycles. The largest absolute Gasteiger partial charge is 0.481 e. The molecule has 2 N–H and O–H groups in total. The summed E-state index contributed by atoms with van der Waals surface area (Å²) in [7, 11) is 0. The zero-order valence-electron chi connectivity index (χ0n) is 13.0. The topological polar surface area (TPSA) is 93.4 Å². The van der Waals surface area contributed by atoms with E-state index in [1.54, 1.807) is 0 Å². The minimum atomic E-state index is -0.825. The van der Waals surface area contributed by atoms with Crippen LogP contribution in [-0.4, -0.2) is 35.0 Å². The Kier molecular flexibility index (Phi) is 5.36. The van der Waals surface area contributed by atoms with E-state index in [0.717, 1.165) is 11.3 Å². The maximum Gasteiger partial charge on any atom is 0.306 e. The number of hydrogen-bond acceptors (Lipinski definition) is 4. The van der Waals surface area contributed by atoms with Gasteiger partial charge in [0.05, 0.1) is 5.92 Å². The summed E-state index contributed by atoms with van der Waals surface area (Å²) in [5.74, 6) is -1.59. The molecule has 2 rings (SSSR count). The second kappa shape index (κ2) is 7.45. The molecule has 1 amide bonds. The SMILES string of the molecule is Cc1cccc(N/C=C(/C#N)C(=O)N2CCC(C(=O)O)CC2)c1. The number of amides is 1. The third-order valence-corrected chi connectivity index (χ3v) is 3.88. The molecule has 0 atom stereocenters. The Morgan fingerprint density at radius 2 is 2.09 bits per heavy atom. The number of nitrogens with one attached hydrogen (secondary N) is 1. The lowest BCUT2D eigenvalue weighted by molar-refractivity contribution is -0.145. The molecule has 6 heteroatoms. The number of rotatable bonds is 4. The summed E-state index contributed by atoms with van der Waals surface area (Å²) in [6, 6.07) is 9.51. The average Bonchev–Trinajstić information content (AvgIpc) is 2.55. The number of anilines is 1. The molecule has 0 bridgehead atoms. The fourth-order valence-electron chi connectivity index (χ4n) is 2.53. The van der Waals surface area contributed by atoms with Crippen LogP contribution in [0.2, 0.25) is 0 Å². The number of nitriles is 1. The van der Waals surface area contributed by atoms with Gasteiger partial charge in [-0.05, 0) is 37.5 Å². The van der Waals surface area contributed by atoms with Gasteiger partial charge in [-0.15, -0.1) is 0 Å². The molecule has 0 radical (unpaired) electrons. The predicted octanol–water partition coefficient (Wildman–Crippen LogP) is 2.14. The first-order valence-electron chi connectivity index (χ1n) is 7.47. The molecule has 1 aromatic rings. The van der Waals surface area contributed by atoms with E-state index in [-0.39, 0.29) is 11.5 Å². The van der Waals surface area contributed by atoms with E-state index < -0.39 is 11.9 Å². The Balaban J connectivity index is 2.00. The van der Waals surface area contributed by atoms with Crippen LogP contribution in [0.15, 0.2) is 36.0 Å². The number of carboxylic acid groups (broad SMARTS) is 1. The molecule has 23 heavy (non-hydrogen) atoms. The van der Waals surface area contributed by atoms with Crippen molar-refractivity contribution in [3.05, 3.63) is 41.6 Å². The molecular weight excluding hydrogens is 294 g/mol. The van der Waals surface area contributed by atoms with Crippen LogP contribution in [0.4, 0.5) is 5.69 Å². The van der Waals surface area contributed by atoms with Gasteiger partial charge in [-0.3, -0.25) is 9.59 Å². The number of aliphatic carboxylic acids is 1. The highest BCUT2D eigenvalue weighted by Crippen LogP contribution is 2.19. The molecule has 0 aromatic heterocycles. The molecule has 1 aromatic carbocycles. The first-order chi connectivity index (χ1) is 11.0. The summed E-state index contributed by atoms with van der Waals surface area (Å²) in [5.41, 5.74) is 1.89. The van der Waals surface area contributed by atoms with Crippen LogP contribution in [-0.2, 0) is 9.59 Å². The van der Waals surface area contributed by atoms with Crippen molar-refractivity contribution in [2.75, 3.05) is 18.4 Å². The van der Waals surface area contributed by atoms with Crippen molar-refractivity contribution in [3.63, 3.8) is 0 Å². The normalized spacial score (nSPS) is 15.8. The predicted molar refractivity (Wildman–Crippen MR) is 85.4 cm³/mol. The van der Waals surface area contributed by atoms with Crippen LogP contribution >= 0.6 is 0 Å². The van der Waals surface area contributed by atoms with Gasteiger partial charge in [-0.2, -0.15) is 5.26 Å². The highest BCUT2D eigenvalue weighted by atomic mass is 16.4. The number of carbonyl (C=O) groups is 2. The highest BCUT2D eigenvalue weighted by molar-refractivity contribution is 5.97. The number of benzene rings is 1. The standard InChI is InChI=1S/C17H19N3O3/c1-12-3-2-4-15(9-12)19-11-14(10-18)16(21)20-7-5-13(6-8-20)17(22)23/h2-4,9,11,13,19H,5-8H2,1H3,(H,22,23)/b14-11-. The summed E-state index contributed by atoms with van der Waals surface area (Å²) >= 11 is 0. The fourth-order valence-corrected chi connectivity index (χ4v) is 2.53. The Morgan fingerprint density at radius 3 is 2.65 bits per heavy atom. The lowest BCUT2D eigenvalue weighted by Gasteiger charge is -2.29. The summed E-state index contributed by atoms with van der Waals surface area (Å²) in [5, 5.41) is 21.1. The Morgan fingerprint density at radius 1 is 1.39 bits per heavy atom. The van der Waals surface area contributed by atoms with E-state index in [1.165, 1.54) is 11.1 Å². The molecule has 0 unspecified atom stereocenters. The third kappa shape index (κ3) is 4.33. The van der Waals surface area contributed by atoms with Gasteiger partial charge < -0.3 is 15.3 Å². The number of carboxylic acids is 1. The number of piperidine rings is 1. The van der Waals surface area contributed by atoms with Gasteiger partial charge in [0.2, 0.25) is 0 Å². The average molecular weight is 313 g/mol. The molecule has 0 saturated carbocycles. The monoisotopic (exact) mass is 313 g/mol. The van der Waals surface area contributed by atoms with E-state index in [9.17, 15) is 14.9 Å². The summed E-state index contributed by atoms with van der Waals surface area (Å²) < 4.78 is 0. The molecule has 1 aliphatic rings.